The number of rotatable bonds is 2. The highest BCUT2D eigenvalue weighted by atomic mass is 16.3. The van der Waals surface area contributed by atoms with Gasteiger partial charge in [-0.1, -0.05) is 12.1 Å². The summed E-state index contributed by atoms with van der Waals surface area (Å²) in [7, 11) is 0. The molecule has 18 heavy (non-hydrogen) atoms. The van der Waals surface area contributed by atoms with Gasteiger partial charge < -0.3 is 10.4 Å². The van der Waals surface area contributed by atoms with Crippen molar-refractivity contribution in [2.45, 2.75) is 13.8 Å². The minimum Gasteiger partial charge on any atom is -0.508 e. The van der Waals surface area contributed by atoms with E-state index in [0.717, 1.165) is 5.69 Å². The molecule has 2 rings (SSSR count). The number of anilines is 1. The van der Waals surface area contributed by atoms with Gasteiger partial charge in [0.2, 0.25) is 0 Å². The number of aromatic hydroxyl groups is 1. The molecule has 0 radical (unpaired) electrons. The summed E-state index contributed by atoms with van der Waals surface area (Å²) >= 11 is 0. The molecule has 0 unspecified atom stereocenters. The first-order valence-corrected chi connectivity index (χ1v) is 5.61. The van der Waals surface area contributed by atoms with Crippen LogP contribution in [0.15, 0.2) is 36.4 Å². The summed E-state index contributed by atoms with van der Waals surface area (Å²) in [6.07, 6.45) is 0. The second-order valence-electron chi connectivity index (χ2n) is 4.07. The number of hydrogen-bond donors (Lipinski definition) is 2. The monoisotopic (exact) mass is 242 g/mol. The van der Waals surface area contributed by atoms with Crippen molar-refractivity contribution in [3.63, 3.8) is 0 Å². The Bertz CT molecular complexity index is 594. The zero-order chi connectivity index (χ0) is 13.1. The molecule has 0 aliphatic carbocycles. The number of amides is 1. The Morgan fingerprint density at radius 2 is 1.89 bits per heavy atom. The van der Waals surface area contributed by atoms with Crippen LogP contribution in [-0.4, -0.2) is 16.0 Å². The number of nitrogens with zero attached hydrogens (tertiary/aromatic N) is 1. The van der Waals surface area contributed by atoms with Crippen LogP contribution in [0.3, 0.4) is 0 Å². The Morgan fingerprint density at radius 1 is 1.17 bits per heavy atom. The van der Waals surface area contributed by atoms with Crippen LogP contribution in [0, 0.1) is 13.8 Å². The number of pyridine rings is 1. The van der Waals surface area contributed by atoms with Crippen molar-refractivity contribution in [1.29, 1.82) is 0 Å². The van der Waals surface area contributed by atoms with Gasteiger partial charge in [-0.3, -0.25) is 4.79 Å². The maximum absolute atomic E-state index is 12.0. The largest absolute Gasteiger partial charge is 0.508 e. The maximum Gasteiger partial charge on any atom is 0.274 e. The Balaban J connectivity index is 2.24. The van der Waals surface area contributed by atoms with Gasteiger partial charge in [-0.15, -0.1) is 0 Å². The predicted molar refractivity (Wildman–Crippen MR) is 69.8 cm³/mol. The molecule has 4 nitrogen and oxygen atoms in total. The number of aromatic nitrogens is 1. The van der Waals surface area contributed by atoms with Crippen molar-refractivity contribution < 1.29 is 9.90 Å². The fourth-order valence-corrected chi connectivity index (χ4v) is 1.61. The van der Waals surface area contributed by atoms with Crippen molar-refractivity contribution >= 4 is 11.6 Å². The van der Waals surface area contributed by atoms with Gasteiger partial charge in [0.25, 0.3) is 5.91 Å². The third kappa shape index (κ3) is 2.48. The summed E-state index contributed by atoms with van der Waals surface area (Å²) < 4.78 is 0. The number of phenolic OH excluding ortho intramolecular Hbond substituents is 1. The van der Waals surface area contributed by atoms with E-state index >= 15 is 0 Å². The minimum absolute atomic E-state index is 0.157. The molecule has 2 N–H and O–H groups in total. The number of carbonyl (C=O) groups excluding carboxylic acids is 1. The molecule has 0 aliphatic rings. The van der Waals surface area contributed by atoms with Gasteiger partial charge in [0.05, 0.1) is 0 Å². The van der Waals surface area contributed by atoms with E-state index in [1.54, 1.807) is 37.3 Å². The average Bonchev–Trinajstić information content (AvgIpc) is 2.35. The molecule has 0 saturated carbocycles. The zero-order valence-electron chi connectivity index (χ0n) is 10.3. The molecule has 0 bridgehead atoms. The molecule has 4 heteroatoms. The fourth-order valence-electron chi connectivity index (χ4n) is 1.61. The van der Waals surface area contributed by atoms with Crippen LogP contribution in [0.25, 0.3) is 0 Å². The maximum atomic E-state index is 12.0. The van der Waals surface area contributed by atoms with E-state index in [1.807, 2.05) is 13.0 Å². The van der Waals surface area contributed by atoms with Gasteiger partial charge in [0, 0.05) is 16.9 Å². The summed E-state index contributed by atoms with van der Waals surface area (Å²) in [6, 6.07) is 10.3. The molecule has 1 aromatic heterocycles. The van der Waals surface area contributed by atoms with E-state index in [0.29, 0.717) is 16.9 Å². The molecule has 0 saturated heterocycles. The van der Waals surface area contributed by atoms with Gasteiger partial charge >= 0.3 is 0 Å². The number of nitrogens with one attached hydrogen (secondary N) is 1. The first-order valence-electron chi connectivity index (χ1n) is 5.61. The number of benzene rings is 1. The third-order valence-corrected chi connectivity index (χ3v) is 2.67. The lowest BCUT2D eigenvalue weighted by Crippen LogP contribution is -2.14. The molecule has 2 aromatic rings. The van der Waals surface area contributed by atoms with Crippen LogP contribution in [0.1, 0.15) is 21.7 Å². The molecule has 1 heterocycles. The van der Waals surface area contributed by atoms with Crippen molar-refractivity contribution in [1.82, 2.24) is 4.98 Å². The van der Waals surface area contributed by atoms with E-state index in [2.05, 4.69) is 10.3 Å². The average molecular weight is 242 g/mol. The van der Waals surface area contributed by atoms with E-state index in [1.165, 1.54) is 0 Å². The third-order valence-electron chi connectivity index (χ3n) is 2.67. The van der Waals surface area contributed by atoms with Gasteiger partial charge in [0.15, 0.2) is 0 Å². The van der Waals surface area contributed by atoms with Crippen LogP contribution in [0.5, 0.6) is 5.75 Å². The van der Waals surface area contributed by atoms with Crippen LogP contribution >= 0.6 is 0 Å². The summed E-state index contributed by atoms with van der Waals surface area (Å²) in [6.45, 7) is 3.57. The Kier molecular flexibility index (Phi) is 3.28. The summed E-state index contributed by atoms with van der Waals surface area (Å²) in [5.74, 6) is -0.127. The molecule has 0 spiro atoms. The normalized spacial score (nSPS) is 10.1. The van der Waals surface area contributed by atoms with E-state index in [-0.39, 0.29) is 11.7 Å². The smallest absolute Gasteiger partial charge is 0.274 e. The van der Waals surface area contributed by atoms with Crippen LogP contribution < -0.4 is 5.32 Å². The lowest BCUT2D eigenvalue weighted by atomic mass is 10.1. The SMILES string of the molecule is Cc1cccc(C(=O)Nc2cccc(O)c2C)n1. The summed E-state index contributed by atoms with van der Waals surface area (Å²) in [5.41, 5.74) is 2.37. The Labute approximate surface area is 105 Å². The van der Waals surface area contributed by atoms with E-state index in [4.69, 9.17) is 0 Å². The second-order valence-corrected chi connectivity index (χ2v) is 4.07. The molecular weight excluding hydrogens is 228 g/mol. The van der Waals surface area contributed by atoms with Crippen LogP contribution in [-0.2, 0) is 0 Å². The molecular formula is C14H14N2O2. The topological polar surface area (TPSA) is 62.2 Å². The number of phenols is 1. The highest BCUT2D eigenvalue weighted by Crippen LogP contribution is 2.24. The number of hydrogen-bond acceptors (Lipinski definition) is 3. The predicted octanol–water partition coefficient (Wildman–Crippen LogP) is 2.66. The summed E-state index contributed by atoms with van der Waals surface area (Å²) in [5, 5.41) is 12.3. The van der Waals surface area contributed by atoms with Gasteiger partial charge in [-0.2, -0.15) is 0 Å². The Morgan fingerprint density at radius 3 is 2.61 bits per heavy atom. The molecule has 0 fully saturated rings. The van der Waals surface area contributed by atoms with Crippen LogP contribution in [0.2, 0.25) is 0 Å². The van der Waals surface area contributed by atoms with Crippen LogP contribution in [0.4, 0.5) is 5.69 Å². The Hall–Kier alpha value is -2.36. The van der Waals surface area contributed by atoms with Crippen molar-refractivity contribution in [2.24, 2.45) is 0 Å². The van der Waals surface area contributed by atoms with Crippen molar-refractivity contribution in [2.75, 3.05) is 5.32 Å². The molecule has 1 amide bonds. The minimum atomic E-state index is -0.285. The highest BCUT2D eigenvalue weighted by molar-refractivity contribution is 6.03. The second kappa shape index (κ2) is 4.87. The first-order chi connectivity index (χ1) is 8.58. The first kappa shape index (κ1) is 12.1. The summed E-state index contributed by atoms with van der Waals surface area (Å²) in [4.78, 5) is 16.1. The van der Waals surface area contributed by atoms with E-state index in [9.17, 15) is 9.90 Å². The standard InChI is InChI=1S/C14H14N2O2/c1-9-5-3-7-12(15-9)14(18)16-11-6-4-8-13(17)10(11)2/h3-8,17H,1-2H3,(H,16,18). The van der Waals surface area contributed by atoms with Gasteiger partial charge in [-0.05, 0) is 38.1 Å². The van der Waals surface area contributed by atoms with Gasteiger partial charge in [-0.25, -0.2) is 4.98 Å². The lowest BCUT2D eigenvalue weighted by Gasteiger charge is -2.09. The molecule has 0 atom stereocenters. The van der Waals surface area contributed by atoms with Gasteiger partial charge in [0.1, 0.15) is 11.4 Å². The molecule has 0 aliphatic heterocycles. The van der Waals surface area contributed by atoms with Crippen molar-refractivity contribution in [3.05, 3.63) is 53.3 Å². The number of aryl methyl sites for hydroxylation is 1. The zero-order valence-corrected chi connectivity index (χ0v) is 10.3. The fraction of sp³-hybridized carbons (Fsp3) is 0.143. The highest BCUT2D eigenvalue weighted by Gasteiger charge is 2.10. The van der Waals surface area contributed by atoms with E-state index < -0.39 is 0 Å². The number of carbonyl (C=O) groups is 1. The molecule has 92 valence electrons. The molecule has 1 aromatic carbocycles. The van der Waals surface area contributed by atoms with Crippen molar-refractivity contribution in [3.8, 4) is 5.75 Å². The lowest BCUT2D eigenvalue weighted by molar-refractivity contribution is 0.102. The quantitative estimate of drug-likeness (QED) is 0.851.